The Labute approximate surface area is 133 Å². The molecule has 0 bridgehead atoms. The van der Waals surface area contributed by atoms with E-state index in [-0.39, 0.29) is 12.4 Å². The van der Waals surface area contributed by atoms with E-state index in [1.165, 1.54) is 5.69 Å². The Bertz CT molecular complexity index is 571. The first-order chi connectivity index (χ1) is 9.51. The van der Waals surface area contributed by atoms with Crippen molar-refractivity contribution >= 4 is 18.1 Å². The van der Waals surface area contributed by atoms with Gasteiger partial charge in [0.25, 0.3) is 0 Å². The van der Waals surface area contributed by atoms with E-state index in [0.717, 1.165) is 36.6 Å². The smallest absolute Gasteiger partial charge is 0.0825 e. The van der Waals surface area contributed by atoms with Gasteiger partial charge in [0.15, 0.2) is 0 Å². The summed E-state index contributed by atoms with van der Waals surface area (Å²) in [5.41, 5.74) is 4.43. The van der Waals surface area contributed by atoms with Gasteiger partial charge in [0.1, 0.15) is 0 Å². The molecule has 2 rings (SSSR count). The number of hydrogen-bond acceptors (Lipinski definition) is 3. The molecule has 21 heavy (non-hydrogen) atoms. The zero-order valence-corrected chi connectivity index (χ0v) is 14.4. The lowest BCUT2D eigenvalue weighted by Crippen LogP contribution is -2.09. The van der Waals surface area contributed by atoms with Gasteiger partial charge >= 0.3 is 0 Å². The van der Waals surface area contributed by atoms with E-state index in [2.05, 4.69) is 53.2 Å². The predicted octanol–water partition coefficient (Wildman–Crippen LogP) is 3.72. The number of halogens is 1. The van der Waals surface area contributed by atoms with E-state index in [1.54, 1.807) is 0 Å². The average molecular weight is 312 g/mol. The van der Waals surface area contributed by atoms with Crippen molar-refractivity contribution in [1.29, 1.82) is 0 Å². The lowest BCUT2D eigenvalue weighted by atomic mass is 10.3. The summed E-state index contributed by atoms with van der Waals surface area (Å²) < 4.78 is 4.08. The molecule has 0 spiro atoms. The fraction of sp³-hybridized carbons (Fsp3) is 0.600. The molecule has 0 amide bonds. The van der Waals surface area contributed by atoms with Gasteiger partial charge < -0.3 is 5.32 Å². The number of aryl methyl sites for hydroxylation is 3. The maximum atomic E-state index is 4.52. The van der Waals surface area contributed by atoms with E-state index >= 15 is 0 Å². The second kappa shape index (κ2) is 7.50. The van der Waals surface area contributed by atoms with Gasteiger partial charge in [-0.3, -0.25) is 9.36 Å². The molecule has 1 N–H and O–H groups in total. The number of nitrogens with zero attached hydrogens (tertiary/aromatic N) is 4. The Balaban J connectivity index is 0.00000220. The molecule has 2 heterocycles. The molecule has 0 aliphatic heterocycles. The van der Waals surface area contributed by atoms with Crippen LogP contribution in [-0.4, -0.2) is 19.6 Å². The topological polar surface area (TPSA) is 47.7 Å². The van der Waals surface area contributed by atoms with Crippen LogP contribution in [0.1, 0.15) is 50.3 Å². The number of aromatic nitrogens is 4. The Morgan fingerprint density at radius 3 is 2.52 bits per heavy atom. The van der Waals surface area contributed by atoms with Crippen molar-refractivity contribution in [3.63, 3.8) is 0 Å². The zero-order chi connectivity index (χ0) is 14.7. The summed E-state index contributed by atoms with van der Waals surface area (Å²) in [5, 5.41) is 12.5. The van der Waals surface area contributed by atoms with Crippen molar-refractivity contribution in [2.75, 3.05) is 5.32 Å². The van der Waals surface area contributed by atoms with Crippen molar-refractivity contribution in [1.82, 2.24) is 19.6 Å². The highest BCUT2D eigenvalue weighted by Crippen LogP contribution is 2.17. The van der Waals surface area contributed by atoms with Crippen LogP contribution in [0.5, 0.6) is 0 Å². The molecule has 0 aliphatic carbocycles. The minimum absolute atomic E-state index is 0. The number of anilines is 1. The molecule has 0 aromatic carbocycles. The molecule has 118 valence electrons. The number of nitrogens with one attached hydrogen (secondary N) is 1. The molecule has 0 atom stereocenters. The molecular formula is C15H26ClN5. The maximum Gasteiger partial charge on any atom is 0.0825 e. The second-order valence-corrected chi connectivity index (χ2v) is 5.56. The third kappa shape index (κ3) is 4.24. The van der Waals surface area contributed by atoms with Crippen LogP contribution in [0, 0.1) is 13.8 Å². The third-order valence-corrected chi connectivity index (χ3v) is 3.33. The van der Waals surface area contributed by atoms with Gasteiger partial charge in [-0.1, -0.05) is 6.92 Å². The summed E-state index contributed by atoms with van der Waals surface area (Å²) in [6.07, 6.45) is 3.17. The van der Waals surface area contributed by atoms with E-state index < -0.39 is 0 Å². The second-order valence-electron chi connectivity index (χ2n) is 5.56. The molecule has 0 radical (unpaired) electrons. The Kier molecular flexibility index (Phi) is 6.27. The van der Waals surface area contributed by atoms with E-state index in [9.17, 15) is 0 Å². The summed E-state index contributed by atoms with van der Waals surface area (Å²) >= 11 is 0. The lowest BCUT2D eigenvalue weighted by molar-refractivity contribution is 0.529. The molecule has 0 saturated heterocycles. The van der Waals surface area contributed by atoms with Crippen LogP contribution >= 0.6 is 12.4 Å². The highest BCUT2D eigenvalue weighted by Gasteiger charge is 2.09. The minimum Gasteiger partial charge on any atom is -0.377 e. The standard InChI is InChI=1S/C15H25N5.ClH/c1-6-7-19-14(8-12(4)17-19)9-16-15-10-20(11(2)3)18-13(15)5;/h8,10-11,16H,6-7,9H2,1-5H3;1H. The van der Waals surface area contributed by atoms with Crippen LogP contribution in [0.3, 0.4) is 0 Å². The molecule has 0 aliphatic rings. The van der Waals surface area contributed by atoms with Gasteiger partial charge in [-0.25, -0.2) is 0 Å². The SMILES string of the molecule is CCCn1nc(C)cc1CNc1cn(C(C)C)nc1C.Cl. The largest absolute Gasteiger partial charge is 0.377 e. The summed E-state index contributed by atoms with van der Waals surface area (Å²) in [6, 6.07) is 2.53. The Hall–Kier alpha value is -1.49. The minimum atomic E-state index is 0. The molecular weight excluding hydrogens is 286 g/mol. The molecule has 2 aromatic rings. The fourth-order valence-electron chi connectivity index (χ4n) is 2.25. The summed E-state index contributed by atoms with van der Waals surface area (Å²) in [5.74, 6) is 0. The molecule has 5 nitrogen and oxygen atoms in total. The molecule has 2 aromatic heterocycles. The van der Waals surface area contributed by atoms with E-state index in [1.807, 2.05) is 18.5 Å². The highest BCUT2D eigenvalue weighted by molar-refractivity contribution is 5.85. The van der Waals surface area contributed by atoms with Gasteiger partial charge in [0.05, 0.1) is 29.3 Å². The van der Waals surface area contributed by atoms with Crippen LogP contribution < -0.4 is 5.32 Å². The first-order valence-corrected chi connectivity index (χ1v) is 7.34. The van der Waals surface area contributed by atoms with E-state index in [0.29, 0.717) is 6.04 Å². The van der Waals surface area contributed by atoms with Gasteiger partial charge in [-0.2, -0.15) is 10.2 Å². The Morgan fingerprint density at radius 1 is 1.24 bits per heavy atom. The predicted molar refractivity (Wildman–Crippen MR) is 89.2 cm³/mol. The Morgan fingerprint density at radius 2 is 1.95 bits per heavy atom. The fourth-order valence-corrected chi connectivity index (χ4v) is 2.25. The van der Waals surface area contributed by atoms with Crippen molar-refractivity contribution in [2.45, 2.75) is 60.2 Å². The van der Waals surface area contributed by atoms with Crippen molar-refractivity contribution < 1.29 is 0 Å². The average Bonchev–Trinajstić information content (AvgIpc) is 2.91. The zero-order valence-electron chi connectivity index (χ0n) is 13.6. The van der Waals surface area contributed by atoms with Crippen LogP contribution in [0.2, 0.25) is 0 Å². The summed E-state index contributed by atoms with van der Waals surface area (Å²) in [4.78, 5) is 0. The van der Waals surface area contributed by atoms with E-state index in [4.69, 9.17) is 0 Å². The third-order valence-electron chi connectivity index (χ3n) is 3.33. The first kappa shape index (κ1) is 17.6. The molecule has 0 saturated carbocycles. The molecule has 6 heteroatoms. The molecule has 0 unspecified atom stereocenters. The monoisotopic (exact) mass is 311 g/mol. The highest BCUT2D eigenvalue weighted by atomic mass is 35.5. The van der Waals surface area contributed by atoms with Gasteiger partial charge in [0.2, 0.25) is 0 Å². The summed E-state index contributed by atoms with van der Waals surface area (Å²) in [6.45, 7) is 12.3. The summed E-state index contributed by atoms with van der Waals surface area (Å²) in [7, 11) is 0. The first-order valence-electron chi connectivity index (χ1n) is 7.34. The van der Waals surface area contributed by atoms with Crippen LogP contribution in [0.4, 0.5) is 5.69 Å². The van der Waals surface area contributed by atoms with Crippen molar-refractivity contribution in [3.05, 3.63) is 29.3 Å². The van der Waals surface area contributed by atoms with Gasteiger partial charge in [-0.05, 0) is 40.2 Å². The van der Waals surface area contributed by atoms with Gasteiger partial charge in [-0.15, -0.1) is 12.4 Å². The van der Waals surface area contributed by atoms with Crippen molar-refractivity contribution in [2.24, 2.45) is 0 Å². The van der Waals surface area contributed by atoms with Crippen LogP contribution in [0.15, 0.2) is 12.3 Å². The van der Waals surface area contributed by atoms with Gasteiger partial charge in [0, 0.05) is 18.8 Å². The quantitative estimate of drug-likeness (QED) is 0.884. The number of rotatable bonds is 6. The lowest BCUT2D eigenvalue weighted by Gasteiger charge is -2.08. The number of hydrogen-bond donors (Lipinski definition) is 1. The van der Waals surface area contributed by atoms with Crippen LogP contribution in [0.25, 0.3) is 0 Å². The maximum absolute atomic E-state index is 4.52. The normalized spacial score (nSPS) is 10.8. The van der Waals surface area contributed by atoms with Crippen LogP contribution in [-0.2, 0) is 13.1 Å². The van der Waals surface area contributed by atoms with Crippen molar-refractivity contribution in [3.8, 4) is 0 Å². The molecule has 0 fully saturated rings.